The smallest absolute Gasteiger partial charge is 0.191 e. The van der Waals surface area contributed by atoms with Crippen LogP contribution in [-0.4, -0.2) is 16.6 Å². The molecular formula is C18H30OSi2. The molecule has 0 fully saturated rings. The average Bonchev–Trinajstić information content (AvgIpc) is 2.40. The van der Waals surface area contributed by atoms with Gasteiger partial charge in [-0.1, -0.05) is 36.5 Å². The fourth-order valence-corrected chi connectivity index (χ4v) is 12.6. The van der Waals surface area contributed by atoms with Crippen molar-refractivity contribution < 1.29 is 4.12 Å². The second-order valence-electron chi connectivity index (χ2n) is 5.42. The molecule has 0 heterocycles. The van der Waals surface area contributed by atoms with Crippen LogP contribution in [0.15, 0.2) is 75.9 Å². The number of allylic oxidation sites excluding steroid dienone is 6. The van der Waals surface area contributed by atoms with E-state index in [0.717, 1.165) is 36.3 Å². The second-order valence-corrected chi connectivity index (χ2v) is 13.4. The van der Waals surface area contributed by atoms with Crippen LogP contribution in [0.1, 0.15) is 0 Å². The summed E-state index contributed by atoms with van der Waals surface area (Å²) in [5.74, 6) is 0. The molecule has 0 aromatic carbocycles. The Morgan fingerprint density at radius 2 is 0.667 bits per heavy atom. The van der Waals surface area contributed by atoms with E-state index in [1.165, 1.54) is 0 Å². The van der Waals surface area contributed by atoms with Gasteiger partial charge >= 0.3 is 0 Å². The van der Waals surface area contributed by atoms with E-state index in [2.05, 4.69) is 39.5 Å². The van der Waals surface area contributed by atoms with Gasteiger partial charge < -0.3 is 4.12 Å². The van der Waals surface area contributed by atoms with Gasteiger partial charge in [-0.3, -0.25) is 0 Å². The van der Waals surface area contributed by atoms with Crippen LogP contribution in [0.25, 0.3) is 0 Å². The quantitative estimate of drug-likeness (QED) is 0.281. The standard InChI is InChI=1S/C18H30OSi2/c1-7-13-20(14-8-2,15-9-3)19-21(16-10-4,17-11-5)18-12-6/h7-12H,1-6,13-18H2. The Bertz CT molecular complexity index is 296. The predicted molar refractivity (Wildman–Crippen MR) is 103 cm³/mol. The van der Waals surface area contributed by atoms with E-state index in [1.54, 1.807) is 0 Å². The summed E-state index contributed by atoms with van der Waals surface area (Å²) in [6, 6.07) is 5.53. The fraction of sp³-hybridized carbons (Fsp3) is 0.333. The summed E-state index contributed by atoms with van der Waals surface area (Å²) in [5.41, 5.74) is 0. The zero-order valence-electron chi connectivity index (χ0n) is 13.4. The zero-order chi connectivity index (χ0) is 16.2. The SMILES string of the molecule is C=CC[Si](CC=C)(CC=C)O[Si](CC=C)(CC=C)CC=C. The van der Waals surface area contributed by atoms with E-state index < -0.39 is 16.6 Å². The zero-order valence-corrected chi connectivity index (χ0v) is 15.4. The van der Waals surface area contributed by atoms with Gasteiger partial charge in [0.15, 0.2) is 16.6 Å². The molecule has 3 heteroatoms. The van der Waals surface area contributed by atoms with Gasteiger partial charge in [0, 0.05) is 0 Å². The third kappa shape index (κ3) is 6.42. The first-order valence-electron chi connectivity index (χ1n) is 7.43. The van der Waals surface area contributed by atoms with Crippen LogP contribution in [0.3, 0.4) is 0 Å². The second kappa shape index (κ2) is 10.5. The Kier molecular flexibility index (Phi) is 9.96. The van der Waals surface area contributed by atoms with Gasteiger partial charge in [0.1, 0.15) is 0 Å². The maximum Gasteiger partial charge on any atom is 0.191 e. The molecule has 116 valence electrons. The molecule has 0 atom stereocenters. The third-order valence-corrected chi connectivity index (χ3v) is 13.2. The molecule has 0 saturated heterocycles. The Labute approximate surface area is 133 Å². The van der Waals surface area contributed by atoms with E-state index in [9.17, 15) is 0 Å². The molecule has 0 radical (unpaired) electrons. The van der Waals surface area contributed by atoms with E-state index in [-0.39, 0.29) is 0 Å². The van der Waals surface area contributed by atoms with Gasteiger partial charge in [-0.05, 0) is 36.3 Å². The van der Waals surface area contributed by atoms with Gasteiger partial charge in [-0.25, -0.2) is 0 Å². The first-order chi connectivity index (χ1) is 10.1. The summed E-state index contributed by atoms with van der Waals surface area (Å²) in [7, 11) is -3.96. The summed E-state index contributed by atoms with van der Waals surface area (Å²) < 4.78 is 6.92. The highest BCUT2D eigenvalue weighted by Crippen LogP contribution is 2.34. The monoisotopic (exact) mass is 318 g/mol. The molecule has 0 aliphatic heterocycles. The van der Waals surface area contributed by atoms with Gasteiger partial charge in [-0.15, -0.1) is 39.5 Å². The molecule has 21 heavy (non-hydrogen) atoms. The van der Waals surface area contributed by atoms with Crippen LogP contribution in [0, 0.1) is 0 Å². The van der Waals surface area contributed by atoms with Crippen LogP contribution in [0.5, 0.6) is 0 Å². The summed E-state index contributed by atoms with van der Waals surface area (Å²) in [5, 5.41) is 0. The molecule has 0 aromatic rings. The molecule has 0 aliphatic rings. The number of rotatable bonds is 14. The Morgan fingerprint density at radius 1 is 0.476 bits per heavy atom. The molecular weight excluding hydrogens is 288 g/mol. The summed E-state index contributed by atoms with van der Waals surface area (Å²) >= 11 is 0. The Balaban J connectivity index is 5.60. The minimum Gasteiger partial charge on any atom is -0.453 e. The van der Waals surface area contributed by atoms with Crippen molar-refractivity contribution in [3.8, 4) is 0 Å². The molecule has 0 saturated carbocycles. The molecule has 0 rings (SSSR count). The summed E-state index contributed by atoms with van der Waals surface area (Å²) in [6.07, 6.45) is 11.9. The largest absolute Gasteiger partial charge is 0.453 e. The topological polar surface area (TPSA) is 9.23 Å². The summed E-state index contributed by atoms with van der Waals surface area (Å²) in [6.45, 7) is 23.5. The third-order valence-electron chi connectivity index (χ3n) is 3.53. The van der Waals surface area contributed by atoms with E-state index in [0.29, 0.717) is 0 Å². The van der Waals surface area contributed by atoms with Crippen LogP contribution in [-0.2, 0) is 4.12 Å². The first kappa shape index (κ1) is 19.8. The first-order valence-corrected chi connectivity index (χ1v) is 12.5. The fourth-order valence-electron chi connectivity index (χ4n) is 2.79. The van der Waals surface area contributed by atoms with Crippen LogP contribution in [0.2, 0.25) is 36.3 Å². The average molecular weight is 319 g/mol. The van der Waals surface area contributed by atoms with Crippen molar-refractivity contribution in [1.82, 2.24) is 0 Å². The molecule has 0 unspecified atom stereocenters. The molecule has 0 aliphatic carbocycles. The number of hydrogen-bond acceptors (Lipinski definition) is 1. The lowest BCUT2D eigenvalue weighted by Crippen LogP contribution is -2.50. The van der Waals surface area contributed by atoms with Crippen LogP contribution < -0.4 is 0 Å². The van der Waals surface area contributed by atoms with Gasteiger partial charge in [0.2, 0.25) is 0 Å². The normalized spacial score (nSPS) is 11.4. The molecule has 1 nitrogen and oxygen atoms in total. The van der Waals surface area contributed by atoms with E-state index >= 15 is 0 Å². The van der Waals surface area contributed by atoms with Crippen molar-refractivity contribution in [2.45, 2.75) is 36.3 Å². The molecule has 0 N–H and O–H groups in total. The highest BCUT2D eigenvalue weighted by Gasteiger charge is 2.41. The van der Waals surface area contributed by atoms with Crippen LogP contribution >= 0.6 is 0 Å². The van der Waals surface area contributed by atoms with Crippen LogP contribution in [0.4, 0.5) is 0 Å². The molecule has 0 amide bonds. The number of hydrogen-bond donors (Lipinski definition) is 0. The lowest BCUT2D eigenvalue weighted by Gasteiger charge is -2.40. The predicted octanol–water partition coefficient (Wildman–Crippen LogP) is 6.01. The van der Waals surface area contributed by atoms with Gasteiger partial charge in [-0.2, -0.15) is 0 Å². The Hall–Kier alpha value is -1.17. The van der Waals surface area contributed by atoms with E-state index in [1.807, 2.05) is 36.5 Å². The molecule has 0 spiro atoms. The van der Waals surface area contributed by atoms with E-state index in [4.69, 9.17) is 4.12 Å². The van der Waals surface area contributed by atoms with Crippen molar-refractivity contribution in [3.63, 3.8) is 0 Å². The summed E-state index contributed by atoms with van der Waals surface area (Å²) in [4.78, 5) is 0. The maximum atomic E-state index is 6.92. The van der Waals surface area contributed by atoms with Crippen molar-refractivity contribution >= 4 is 16.6 Å². The van der Waals surface area contributed by atoms with Crippen molar-refractivity contribution in [1.29, 1.82) is 0 Å². The maximum absolute atomic E-state index is 6.92. The lowest BCUT2D eigenvalue weighted by atomic mass is 10.7. The van der Waals surface area contributed by atoms with Crippen molar-refractivity contribution in [2.24, 2.45) is 0 Å². The minimum absolute atomic E-state index is 0.922. The molecule has 0 bridgehead atoms. The lowest BCUT2D eigenvalue weighted by molar-refractivity contribution is 0.527. The highest BCUT2D eigenvalue weighted by atomic mass is 28.4. The van der Waals surface area contributed by atoms with Gasteiger partial charge in [0.25, 0.3) is 0 Å². The van der Waals surface area contributed by atoms with Crippen molar-refractivity contribution in [2.75, 3.05) is 0 Å². The Morgan fingerprint density at radius 3 is 0.810 bits per heavy atom. The van der Waals surface area contributed by atoms with Gasteiger partial charge in [0.05, 0.1) is 0 Å². The van der Waals surface area contributed by atoms with Crippen molar-refractivity contribution in [3.05, 3.63) is 75.9 Å². The minimum atomic E-state index is -1.98. The molecule has 0 aromatic heterocycles. The highest BCUT2D eigenvalue weighted by molar-refractivity contribution is 6.88.